The van der Waals surface area contributed by atoms with Gasteiger partial charge in [0.05, 0.1) is 10.6 Å². The number of halogens is 2. The highest BCUT2D eigenvalue weighted by Crippen LogP contribution is 2.20. The molecule has 0 aromatic heterocycles. The van der Waals surface area contributed by atoms with Gasteiger partial charge in [-0.3, -0.25) is 4.79 Å². The molecular formula is C14H19BrClNO. The first-order valence-corrected chi connectivity index (χ1v) is 7.60. The van der Waals surface area contributed by atoms with E-state index in [1.807, 2.05) is 43.9 Å². The van der Waals surface area contributed by atoms with Gasteiger partial charge in [-0.25, -0.2) is 0 Å². The van der Waals surface area contributed by atoms with E-state index in [4.69, 9.17) is 11.6 Å². The number of carbonyl (C=O) groups is 1. The minimum Gasteiger partial charge on any atom is -0.336 e. The van der Waals surface area contributed by atoms with Gasteiger partial charge in [-0.2, -0.15) is 0 Å². The Balaban J connectivity index is 2.94. The van der Waals surface area contributed by atoms with Gasteiger partial charge < -0.3 is 4.90 Å². The summed E-state index contributed by atoms with van der Waals surface area (Å²) in [5, 5.41) is 1.43. The van der Waals surface area contributed by atoms with Gasteiger partial charge in [-0.15, -0.1) is 0 Å². The van der Waals surface area contributed by atoms with Crippen LogP contribution in [0, 0.1) is 6.92 Å². The maximum Gasteiger partial charge on any atom is 0.255 e. The van der Waals surface area contributed by atoms with Crippen molar-refractivity contribution in [1.29, 1.82) is 0 Å². The lowest BCUT2D eigenvalue weighted by Gasteiger charge is -2.27. The summed E-state index contributed by atoms with van der Waals surface area (Å²) in [6.07, 6.45) is 0.938. The summed E-state index contributed by atoms with van der Waals surface area (Å²) >= 11 is 9.54. The van der Waals surface area contributed by atoms with Gasteiger partial charge in [-0.1, -0.05) is 33.6 Å². The molecular weight excluding hydrogens is 314 g/mol. The van der Waals surface area contributed by atoms with Gasteiger partial charge >= 0.3 is 0 Å². The Kier molecular flexibility index (Phi) is 6.16. The Hall–Kier alpha value is -0.540. The third-order valence-corrected chi connectivity index (χ3v) is 3.65. The predicted molar refractivity (Wildman–Crippen MR) is 80.8 cm³/mol. The number of hydrogen-bond donors (Lipinski definition) is 0. The first-order chi connectivity index (χ1) is 8.47. The minimum atomic E-state index is 0.0101. The van der Waals surface area contributed by atoms with E-state index in [0.717, 1.165) is 23.9 Å². The maximum atomic E-state index is 12.5. The first kappa shape index (κ1) is 15.5. The van der Waals surface area contributed by atoms with E-state index >= 15 is 0 Å². The highest BCUT2D eigenvalue weighted by Gasteiger charge is 2.20. The lowest BCUT2D eigenvalue weighted by molar-refractivity contribution is 0.0707. The Morgan fingerprint density at radius 1 is 1.44 bits per heavy atom. The number of aryl methyl sites for hydroxylation is 1. The van der Waals surface area contributed by atoms with E-state index in [2.05, 4.69) is 15.9 Å². The summed E-state index contributed by atoms with van der Waals surface area (Å²) < 4.78 is 0. The summed E-state index contributed by atoms with van der Waals surface area (Å²) in [7, 11) is 0. The standard InChI is InChI=1S/C14H19BrClNO/c1-10(2)17(8-4-7-15)14(18)12-6-5-11(3)9-13(12)16/h5-6,9-10H,4,7-8H2,1-3H3. The third-order valence-electron chi connectivity index (χ3n) is 2.77. The van der Waals surface area contributed by atoms with Crippen LogP contribution in [-0.4, -0.2) is 28.7 Å². The fourth-order valence-corrected chi connectivity index (χ4v) is 2.34. The number of rotatable bonds is 5. The molecule has 0 saturated carbocycles. The van der Waals surface area contributed by atoms with Gasteiger partial charge in [0.1, 0.15) is 0 Å². The molecule has 1 aromatic carbocycles. The van der Waals surface area contributed by atoms with E-state index in [1.54, 1.807) is 0 Å². The molecule has 0 aliphatic heterocycles. The second kappa shape index (κ2) is 7.15. The molecule has 0 bridgehead atoms. The van der Waals surface area contributed by atoms with Crippen LogP contribution in [0.2, 0.25) is 5.02 Å². The van der Waals surface area contributed by atoms with Gasteiger partial charge in [0.2, 0.25) is 0 Å². The second-order valence-corrected chi connectivity index (χ2v) is 5.82. The molecule has 0 saturated heterocycles. The molecule has 0 radical (unpaired) electrons. The van der Waals surface area contributed by atoms with Crippen LogP contribution in [0.4, 0.5) is 0 Å². The fourth-order valence-electron chi connectivity index (χ4n) is 1.77. The zero-order valence-electron chi connectivity index (χ0n) is 11.0. The fraction of sp³-hybridized carbons (Fsp3) is 0.500. The van der Waals surface area contributed by atoms with Crippen molar-refractivity contribution in [3.63, 3.8) is 0 Å². The van der Waals surface area contributed by atoms with Crippen molar-refractivity contribution < 1.29 is 4.79 Å². The van der Waals surface area contributed by atoms with Gasteiger partial charge in [0.15, 0.2) is 0 Å². The van der Waals surface area contributed by atoms with Crippen LogP contribution < -0.4 is 0 Å². The molecule has 0 fully saturated rings. The number of hydrogen-bond acceptors (Lipinski definition) is 1. The molecule has 2 nitrogen and oxygen atoms in total. The van der Waals surface area contributed by atoms with Crippen LogP contribution in [0.3, 0.4) is 0 Å². The molecule has 0 N–H and O–H groups in total. The minimum absolute atomic E-state index is 0.0101. The van der Waals surface area contributed by atoms with Crippen LogP contribution in [0.1, 0.15) is 36.2 Å². The number of benzene rings is 1. The summed E-state index contributed by atoms with van der Waals surface area (Å²) in [6, 6.07) is 5.73. The molecule has 0 unspecified atom stereocenters. The smallest absolute Gasteiger partial charge is 0.255 e. The third kappa shape index (κ3) is 3.99. The molecule has 0 aliphatic rings. The molecule has 4 heteroatoms. The average molecular weight is 333 g/mol. The summed E-state index contributed by atoms with van der Waals surface area (Å²) in [6.45, 7) is 6.75. The van der Waals surface area contributed by atoms with Crippen molar-refractivity contribution in [1.82, 2.24) is 4.90 Å². The molecule has 1 amide bonds. The lowest BCUT2D eigenvalue weighted by Crippen LogP contribution is -2.38. The number of nitrogens with zero attached hydrogens (tertiary/aromatic N) is 1. The zero-order chi connectivity index (χ0) is 13.7. The Bertz CT molecular complexity index is 420. The summed E-state index contributed by atoms with van der Waals surface area (Å²) in [5.41, 5.74) is 1.65. The Morgan fingerprint density at radius 2 is 2.11 bits per heavy atom. The summed E-state index contributed by atoms with van der Waals surface area (Å²) in [4.78, 5) is 14.3. The molecule has 1 aromatic rings. The van der Waals surface area contributed by atoms with Crippen LogP contribution in [0.25, 0.3) is 0 Å². The Labute approximate surface area is 122 Å². The van der Waals surface area contributed by atoms with Gasteiger partial charge in [0.25, 0.3) is 5.91 Å². The normalized spacial score (nSPS) is 10.8. The van der Waals surface area contributed by atoms with Crippen molar-refractivity contribution in [2.45, 2.75) is 33.2 Å². The topological polar surface area (TPSA) is 20.3 Å². The van der Waals surface area contributed by atoms with E-state index in [1.165, 1.54) is 0 Å². The lowest BCUT2D eigenvalue weighted by atomic mass is 10.1. The molecule has 1 rings (SSSR count). The largest absolute Gasteiger partial charge is 0.336 e. The molecule has 0 spiro atoms. The van der Waals surface area contributed by atoms with E-state index in [9.17, 15) is 4.79 Å². The average Bonchev–Trinajstić information content (AvgIpc) is 2.28. The van der Waals surface area contributed by atoms with E-state index in [0.29, 0.717) is 10.6 Å². The summed E-state index contributed by atoms with van der Waals surface area (Å²) in [5.74, 6) is 0.0101. The zero-order valence-corrected chi connectivity index (χ0v) is 13.4. The predicted octanol–water partition coefficient (Wildman–Crippen LogP) is 4.28. The number of carbonyl (C=O) groups excluding carboxylic acids is 1. The number of alkyl halides is 1. The van der Waals surface area contributed by atoms with Crippen molar-refractivity contribution >= 4 is 33.4 Å². The molecule has 18 heavy (non-hydrogen) atoms. The number of amides is 1. The molecule has 100 valence electrons. The van der Waals surface area contributed by atoms with Crippen molar-refractivity contribution in [2.24, 2.45) is 0 Å². The van der Waals surface area contributed by atoms with Crippen molar-refractivity contribution in [3.8, 4) is 0 Å². The van der Waals surface area contributed by atoms with E-state index < -0.39 is 0 Å². The van der Waals surface area contributed by atoms with Crippen LogP contribution in [-0.2, 0) is 0 Å². The molecule has 0 heterocycles. The van der Waals surface area contributed by atoms with E-state index in [-0.39, 0.29) is 11.9 Å². The highest BCUT2D eigenvalue weighted by atomic mass is 79.9. The monoisotopic (exact) mass is 331 g/mol. The van der Waals surface area contributed by atoms with Crippen molar-refractivity contribution in [3.05, 3.63) is 34.3 Å². The van der Waals surface area contributed by atoms with Gasteiger partial charge in [0, 0.05) is 17.9 Å². The quantitative estimate of drug-likeness (QED) is 0.737. The molecule has 0 atom stereocenters. The first-order valence-electron chi connectivity index (χ1n) is 6.10. The molecule has 0 aliphatic carbocycles. The van der Waals surface area contributed by atoms with Gasteiger partial charge in [-0.05, 0) is 44.9 Å². The van der Waals surface area contributed by atoms with Crippen LogP contribution in [0.5, 0.6) is 0 Å². The maximum absolute atomic E-state index is 12.5. The SMILES string of the molecule is Cc1ccc(C(=O)N(CCCBr)C(C)C)c(Cl)c1. The van der Waals surface area contributed by atoms with Crippen LogP contribution in [0.15, 0.2) is 18.2 Å². The highest BCUT2D eigenvalue weighted by molar-refractivity contribution is 9.09. The Morgan fingerprint density at radius 3 is 2.61 bits per heavy atom. The second-order valence-electron chi connectivity index (χ2n) is 4.62. The van der Waals surface area contributed by atoms with Crippen LogP contribution >= 0.6 is 27.5 Å². The van der Waals surface area contributed by atoms with Crippen molar-refractivity contribution in [2.75, 3.05) is 11.9 Å².